The molecule has 7 nitrogen and oxygen atoms in total. The van der Waals surface area contributed by atoms with Crippen LogP contribution in [-0.4, -0.2) is 41.6 Å². The van der Waals surface area contributed by atoms with Gasteiger partial charge < -0.3 is 9.47 Å². The predicted molar refractivity (Wildman–Crippen MR) is 62.5 cm³/mol. The maximum Gasteiger partial charge on any atom is 0.336 e. The molecule has 0 N–H and O–H groups in total. The van der Waals surface area contributed by atoms with E-state index in [-0.39, 0.29) is 13.2 Å². The molecule has 106 valence electrons. The summed E-state index contributed by atoms with van der Waals surface area (Å²) in [5.41, 5.74) is 0. The van der Waals surface area contributed by atoms with Gasteiger partial charge in [-0.15, -0.1) is 0 Å². The number of carbonyl (C=O) groups is 2. The van der Waals surface area contributed by atoms with E-state index in [9.17, 15) is 13.8 Å². The number of carbonyl (C=O) groups excluding carboxylic acids is 2. The summed E-state index contributed by atoms with van der Waals surface area (Å²) in [6.07, 6.45) is -2.08. The third-order valence-electron chi connectivity index (χ3n) is 1.68. The second kappa shape index (κ2) is 9.01. The van der Waals surface area contributed by atoms with E-state index in [2.05, 4.69) is 9.47 Å². The number of esters is 2. The van der Waals surface area contributed by atoms with Gasteiger partial charge in [0.25, 0.3) is 0 Å². The first-order chi connectivity index (χ1) is 8.42. The lowest BCUT2D eigenvalue weighted by Gasteiger charge is -2.13. The van der Waals surface area contributed by atoms with Gasteiger partial charge in [-0.3, -0.25) is 8.37 Å². The van der Waals surface area contributed by atoms with Gasteiger partial charge in [-0.2, -0.15) is 4.21 Å². The van der Waals surface area contributed by atoms with Gasteiger partial charge in [0.05, 0.1) is 13.2 Å². The lowest BCUT2D eigenvalue weighted by atomic mass is 10.4. The number of rotatable bonds is 8. The van der Waals surface area contributed by atoms with E-state index in [1.807, 2.05) is 0 Å². The molecule has 0 radical (unpaired) electrons. The third kappa shape index (κ3) is 6.67. The van der Waals surface area contributed by atoms with Crippen LogP contribution in [0.4, 0.5) is 0 Å². The van der Waals surface area contributed by atoms with Crippen molar-refractivity contribution in [3.8, 4) is 0 Å². The second-order valence-electron chi connectivity index (χ2n) is 3.19. The van der Waals surface area contributed by atoms with Crippen molar-refractivity contribution in [1.29, 1.82) is 0 Å². The molecule has 0 rings (SSSR count). The molecule has 0 aliphatic heterocycles. The zero-order valence-corrected chi connectivity index (χ0v) is 11.7. The van der Waals surface area contributed by atoms with Crippen LogP contribution in [0, 0.1) is 0 Å². The molecule has 0 saturated heterocycles. The van der Waals surface area contributed by atoms with Crippen molar-refractivity contribution in [2.45, 2.75) is 39.9 Å². The van der Waals surface area contributed by atoms with Crippen LogP contribution < -0.4 is 0 Å². The quantitative estimate of drug-likeness (QED) is 0.599. The van der Waals surface area contributed by atoms with Crippen LogP contribution in [0.3, 0.4) is 0 Å². The zero-order valence-electron chi connectivity index (χ0n) is 10.8. The third-order valence-corrected chi connectivity index (χ3v) is 2.57. The maximum atomic E-state index is 11.3. The highest BCUT2D eigenvalue weighted by Crippen LogP contribution is 2.04. The van der Waals surface area contributed by atoms with Crippen molar-refractivity contribution in [3.63, 3.8) is 0 Å². The molecule has 18 heavy (non-hydrogen) atoms. The summed E-state index contributed by atoms with van der Waals surface area (Å²) >= 11 is -2.23. The van der Waals surface area contributed by atoms with Gasteiger partial charge in [-0.1, -0.05) is 0 Å². The topological polar surface area (TPSA) is 88.1 Å². The van der Waals surface area contributed by atoms with E-state index in [1.165, 1.54) is 13.8 Å². The van der Waals surface area contributed by atoms with Crippen molar-refractivity contribution >= 4 is 23.3 Å². The monoisotopic (exact) mass is 282 g/mol. The lowest BCUT2D eigenvalue weighted by Crippen LogP contribution is -2.29. The van der Waals surface area contributed by atoms with Crippen LogP contribution in [0.1, 0.15) is 27.7 Å². The first kappa shape index (κ1) is 17.0. The van der Waals surface area contributed by atoms with E-state index in [0.717, 1.165) is 0 Å². The number of ether oxygens (including phenoxy) is 2. The first-order valence-corrected chi connectivity index (χ1v) is 6.51. The summed E-state index contributed by atoms with van der Waals surface area (Å²) in [6, 6.07) is 0. The van der Waals surface area contributed by atoms with E-state index in [4.69, 9.17) is 8.37 Å². The highest BCUT2D eigenvalue weighted by molar-refractivity contribution is 7.75. The number of hydrogen-bond acceptors (Lipinski definition) is 7. The standard InChI is InChI=1S/C10H18O7S/c1-5-14-9(11)7(3)16-18(13)17-8(4)10(12)15-6-2/h7-8H,5-6H2,1-4H3. The molecule has 0 aromatic heterocycles. The Balaban J connectivity index is 4.10. The SMILES string of the molecule is CCOC(=O)C(C)OS(=O)OC(C)C(=O)OCC. The smallest absolute Gasteiger partial charge is 0.336 e. The summed E-state index contributed by atoms with van der Waals surface area (Å²) in [5, 5.41) is 0. The van der Waals surface area contributed by atoms with Gasteiger partial charge in [-0.05, 0) is 27.7 Å². The van der Waals surface area contributed by atoms with E-state index in [0.29, 0.717) is 0 Å². The molecule has 0 aliphatic carbocycles. The van der Waals surface area contributed by atoms with Crippen LogP contribution in [0.25, 0.3) is 0 Å². The van der Waals surface area contributed by atoms with Crippen LogP contribution in [-0.2, 0) is 38.8 Å². The minimum absolute atomic E-state index is 0.194. The molecule has 0 bridgehead atoms. The van der Waals surface area contributed by atoms with Gasteiger partial charge in [-0.25, -0.2) is 9.59 Å². The van der Waals surface area contributed by atoms with Crippen molar-refractivity contribution in [3.05, 3.63) is 0 Å². The van der Waals surface area contributed by atoms with Crippen LogP contribution in [0.15, 0.2) is 0 Å². The number of hydrogen-bond donors (Lipinski definition) is 0. The Labute approximate surface area is 109 Å². The Bertz CT molecular complexity index is 277. The Kier molecular flexibility index (Phi) is 8.51. The van der Waals surface area contributed by atoms with Crippen LogP contribution in [0.5, 0.6) is 0 Å². The molecule has 0 saturated carbocycles. The Morgan fingerprint density at radius 1 is 0.944 bits per heavy atom. The second-order valence-corrected chi connectivity index (χ2v) is 3.98. The van der Waals surface area contributed by atoms with Gasteiger partial charge in [0.1, 0.15) is 0 Å². The fraction of sp³-hybridized carbons (Fsp3) is 0.800. The van der Waals surface area contributed by atoms with Gasteiger partial charge in [0.2, 0.25) is 0 Å². The van der Waals surface area contributed by atoms with Gasteiger partial charge in [0.15, 0.2) is 12.2 Å². The summed E-state index contributed by atoms with van der Waals surface area (Å²) in [4.78, 5) is 22.3. The molecular formula is C10H18O7S. The van der Waals surface area contributed by atoms with E-state index < -0.39 is 35.5 Å². The minimum atomic E-state index is -2.23. The Morgan fingerprint density at radius 3 is 1.56 bits per heavy atom. The normalized spacial score (nSPS) is 15.6. The molecule has 0 aromatic rings. The lowest BCUT2D eigenvalue weighted by molar-refractivity contribution is -0.151. The summed E-state index contributed by atoms with van der Waals surface area (Å²) < 4.78 is 30.1. The molecule has 2 atom stereocenters. The van der Waals surface area contributed by atoms with Gasteiger partial charge in [0, 0.05) is 0 Å². The molecule has 0 heterocycles. The van der Waals surface area contributed by atoms with Crippen molar-refractivity contribution in [2.75, 3.05) is 13.2 Å². The van der Waals surface area contributed by atoms with E-state index >= 15 is 0 Å². The zero-order chi connectivity index (χ0) is 14.1. The highest BCUT2D eigenvalue weighted by atomic mass is 32.2. The molecule has 0 aromatic carbocycles. The van der Waals surface area contributed by atoms with Crippen molar-refractivity contribution in [2.24, 2.45) is 0 Å². The highest BCUT2D eigenvalue weighted by Gasteiger charge is 2.23. The summed E-state index contributed by atoms with van der Waals surface area (Å²) in [7, 11) is 0. The molecule has 0 spiro atoms. The van der Waals surface area contributed by atoms with Crippen molar-refractivity contribution < 1.29 is 31.6 Å². The fourth-order valence-corrected chi connectivity index (χ4v) is 1.53. The molecular weight excluding hydrogens is 264 g/mol. The molecule has 8 heteroatoms. The van der Waals surface area contributed by atoms with Crippen molar-refractivity contribution in [1.82, 2.24) is 0 Å². The van der Waals surface area contributed by atoms with Crippen LogP contribution >= 0.6 is 0 Å². The predicted octanol–water partition coefficient (Wildman–Crippen LogP) is 0.502. The summed E-state index contributed by atoms with van der Waals surface area (Å²) in [6.45, 7) is 6.41. The first-order valence-electron chi connectivity index (χ1n) is 5.51. The maximum absolute atomic E-state index is 11.3. The molecule has 2 unspecified atom stereocenters. The summed E-state index contributed by atoms with van der Waals surface area (Å²) in [5.74, 6) is -1.31. The van der Waals surface area contributed by atoms with E-state index in [1.54, 1.807) is 13.8 Å². The van der Waals surface area contributed by atoms with Gasteiger partial charge >= 0.3 is 23.3 Å². The average Bonchev–Trinajstić information content (AvgIpc) is 2.29. The largest absolute Gasteiger partial charge is 0.464 e. The Hall–Kier alpha value is -0.990. The minimum Gasteiger partial charge on any atom is -0.464 e. The average molecular weight is 282 g/mol. The molecule has 0 aliphatic rings. The Morgan fingerprint density at radius 2 is 1.28 bits per heavy atom. The molecule has 0 fully saturated rings. The van der Waals surface area contributed by atoms with Crippen LogP contribution in [0.2, 0.25) is 0 Å². The fourth-order valence-electron chi connectivity index (χ4n) is 0.856. The molecule has 0 amide bonds.